The molecule has 5 nitrogen and oxygen atoms in total. The second-order valence-corrected chi connectivity index (χ2v) is 6.54. The van der Waals surface area contributed by atoms with Crippen molar-refractivity contribution < 1.29 is 9.59 Å². The zero-order valence-electron chi connectivity index (χ0n) is 12.5. The molecule has 1 saturated carbocycles. The number of nitrogens with two attached hydrogens (primary N) is 1. The van der Waals surface area contributed by atoms with E-state index in [4.69, 9.17) is 5.73 Å². The highest BCUT2D eigenvalue weighted by atomic mass is 16.2. The van der Waals surface area contributed by atoms with Crippen LogP contribution in [-0.2, 0) is 4.79 Å². The van der Waals surface area contributed by atoms with E-state index in [0.29, 0.717) is 5.92 Å². The summed E-state index contributed by atoms with van der Waals surface area (Å²) in [5.74, 6) is 0.629. The Hall–Kier alpha value is -1.26. The van der Waals surface area contributed by atoms with Crippen LogP contribution in [0, 0.1) is 11.3 Å². The molecular weight excluding hydrogens is 242 g/mol. The molecule has 1 atom stereocenters. The number of nitrogens with zero attached hydrogens (tertiary/aromatic N) is 1. The molecule has 0 aromatic heterocycles. The number of nitrogens with one attached hydrogen (secondary N) is 1. The lowest BCUT2D eigenvalue weighted by Crippen LogP contribution is -2.56. The summed E-state index contributed by atoms with van der Waals surface area (Å²) in [4.78, 5) is 25.6. The minimum Gasteiger partial charge on any atom is -0.352 e. The van der Waals surface area contributed by atoms with Crippen LogP contribution >= 0.6 is 0 Å². The van der Waals surface area contributed by atoms with Gasteiger partial charge in [-0.3, -0.25) is 4.79 Å². The molecule has 0 heterocycles. The van der Waals surface area contributed by atoms with Gasteiger partial charge < -0.3 is 16.0 Å². The van der Waals surface area contributed by atoms with Crippen LogP contribution in [0.3, 0.4) is 0 Å². The van der Waals surface area contributed by atoms with Crippen molar-refractivity contribution in [3.63, 3.8) is 0 Å². The maximum absolute atomic E-state index is 12.6. The van der Waals surface area contributed by atoms with E-state index in [9.17, 15) is 9.59 Å². The van der Waals surface area contributed by atoms with Gasteiger partial charge in [-0.25, -0.2) is 4.79 Å². The normalized spacial score (nSPS) is 16.8. The Morgan fingerprint density at radius 2 is 1.95 bits per heavy atom. The van der Waals surface area contributed by atoms with Crippen LogP contribution in [0.25, 0.3) is 0 Å². The lowest BCUT2D eigenvalue weighted by Gasteiger charge is -2.34. The van der Waals surface area contributed by atoms with Gasteiger partial charge in [0.25, 0.3) is 0 Å². The van der Waals surface area contributed by atoms with Crippen molar-refractivity contribution in [1.82, 2.24) is 10.2 Å². The maximum atomic E-state index is 12.6. The minimum atomic E-state index is -0.642. The van der Waals surface area contributed by atoms with Gasteiger partial charge >= 0.3 is 6.03 Å². The summed E-state index contributed by atoms with van der Waals surface area (Å²) < 4.78 is 0. The van der Waals surface area contributed by atoms with E-state index in [2.05, 4.69) is 12.2 Å². The molecule has 3 N–H and O–H groups in total. The highest BCUT2D eigenvalue weighted by Crippen LogP contribution is 2.31. The SMILES string of the molecule is CCCN(CC1CC1)C(=O)[C@H](NC(N)=O)C(C)(C)C. The van der Waals surface area contributed by atoms with Gasteiger partial charge in [0.15, 0.2) is 0 Å². The Labute approximate surface area is 115 Å². The molecule has 5 heteroatoms. The average molecular weight is 269 g/mol. The molecule has 110 valence electrons. The van der Waals surface area contributed by atoms with Gasteiger partial charge in [-0.1, -0.05) is 27.7 Å². The lowest BCUT2D eigenvalue weighted by atomic mass is 9.85. The van der Waals surface area contributed by atoms with Crippen molar-refractivity contribution in [1.29, 1.82) is 0 Å². The molecule has 0 bridgehead atoms. The van der Waals surface area contributed by atoms with E-state index >= 15 is 0 Å². The molecule has 0 spiro atoms. The van der Waals surface area contributed by atoms with Gasteiger partial charge in [-0.05, 0) is 30.6 Å². The first-order valence-corrected chi connectivity index (χ1v) is 7.10. The summed E-state index contributed by atoms with van der Waals surface area (Å²) in [6.45, 7) is 9.41. The fraction of sp³-hybridized carbons (Fsp3) is 0.857. The van der Waals surface area contributed by atoms with E-state index in [0.717, 1.165) is 19.5 Å². The van der Waals surface area contributed by atoms with Crippen LogP contribution in [0.2, 0.25) is 0 Å². The molecular formula is C14H27N3O2. The number of amides is 3. The molecule has 3 amide bonds. The van der Waals surface area contributed by atoms with Crippen LogP contribution in [0.4, 0.5) is 4.79 Å². The first-order chi connectivity index (χ1) is 8.75. The Morgan fingerprint density at radius 3 is 2.32 bits per heavy atom. The summed E-state index contributed by atoms with van der Waals surface area (Å²) in [6, 6.07) is -1.20. The van der Waals surface area contributed by atoms with Gasteiger partial charge in [0, 0.05) is 13.1 Å². The zero-order chi connectivity index (χ0) is 14.6. The molecule has 0 unspecified atom stereocenters. The Balaban J connectivity index is 2.78. The molecule has 0 aliphatic heterocycles. The Kier molecular flexibility index (Phi) is 5.20. The third kappa shape index (κ3) is 5.09. The van der Waals surface area contributed by atoms with Gasteiger partial charge in [0.1, 0.15) is 6.04 Å². The van der Waals surface area contributed by atoms with Gasteiger partial charge in [0.05, 0.1) is 0 Å². The number of rotatable bonds is 6. The third-order valence-corrected chi connectivity index (χ3v) is 3.38. The number of hydrogen-bond donors (Lipinski definition) is 2. The summed E-state index contributed by atoms with van der Waals surface area (Å²) in [5.41, 5.74) is 4.85. The van der Waals surface area contributed by atoms with Crippen molar-refractivity contribution in [2.24, 2.45) is 17.1 Å². The predicted molar refractivity (Wildman–Crippen MR) is 75.6 cm³/mol. The largest absolute Gasteiger partial charge is 0.352 e. The summed E-state index contributed by atoms with van der Waals surface area (Å²) >= 11 is 0. The average Bonchev–Trinajstić information content (AvgIpc) is 3.06. The van der Waals surface area contributed by atoms with Crippen LogP contribution < -0.4 is 11.1 Å². The lowest BCUT2D eigenvalue weighted by molar-refractivity contribution is -0.136. The molecule has 1 aliphatic carbocycles. The van der Waals surface area contributed by atoms with Crippen LogP contribution in [0.1, 0.15) is 47.0 Å². The van der Waals surface area contributed by atoms with Gasteiger partial charge in [-0.15, -0.1) is 0 Å². The number of carbonyl (C=O) groups is 2. The quantitative estimate of drug-likeness (QED) is 0.770. The van der Waals surface area contributed by atoms with Crippen LogP contribution in [0.15, 0.2) is 0 Å². The van der Waals surface area contributed by atoms with Crippen LogP contribution in [-0.4, -0.2) is 36.0 Å². The molecule has 19 heavy (non-hydrogen) atoms. The van der Waals surface area contributed by atoms with Crippen LogP contribution in [0.5, 0.6) is 0 Å². The molecule has 1 rings (SSSR count). The van der Waals surface area contributed by atoms with E-state index in [-0.39, 0.29) is 11.3 Å². The highest BCUT2D eigenvalue weighted by Gasteiger charge is 2.36. The van der Waals surface area contributed by atoms with E-state index in [1.165, 1.54) is 12.8 Å². The minimum absolute atomic E-state index is 0.0138. The van der Waals surface area contributed by atoms with Gasteiger partial charge in [-0.2, -0.15) is 0 Å². The topological polar surface area (TPSA) is 75.4 Å². The number of carbonyl (C=O) groups excluding carboxylic acids is 2. The van der Waals surface area contributed by atoms with E-state index in [1.54, 1.807) is 0 Å². The van der Waals surface area contributed by atoms with Crippen molar-refractivity contribution >= 4 is 11.9 Å². The standard InChI is InChI=1S/C14H27N3O2/c1-5-8-17(9-10-6-7-10)12(18)11(14(2,3)4)16-13(15)19/h10-11H,5-9H2,1-4H3,(H3,15,16,19)/t11-/m0/s1. The Bertz CT molecular complexity index is 332. The molecule has 0 aromatic carbocycles. The third-order valence-electron chi connectivity index (χ3n) is 3.38. The molecule has 1 fully saturated rings. The number of primary amides is 1. The van der Waals surface area contributed by atoms with E-state index in [1.807, 2.05) is 25.7 Å². The zero-order valence-corrected chi connectivity index (χ0v) is 12.5. The molecule has 0 radical (unpaired) electrons. The summed E-state index contributed by atoms with van der Waals surface area (Å²) in [5, 5.41) is 2.60. The second-order valence-electron chi connectivity index (χ2n) is 6.54. The van der Waals surface area contributed by atoms with Crippen molar-refractivity contribution in [2.75, 3.05) is 13.1 Å². The fourth-order valence-electron chi connectivity index (χ4n) is 2.15. The number of urea groups is 1. The first kappa shape index (κ1) is 15.8. The predicted octanol–water partition coefficient (Wildman–Crippen LogP) is 1.72. The maximum Gasteiger partial charge on any atom is 0.312 e. The monoisotopic (exact) mass is 269 g/mol. The van der Waals surface area contributed by atoms with Crippen molar-refractivity contribution in [3.05, 3.63) is 0 Å². The fourth-order valence-corrected chi connectivity index (χ4v) is 2.15. The smallest absolute Gasteiger partial charge is 0.312 e. The van der Waals surface area contributed by atoms with E-state index < -0.39 is 12.1 Å². The molecule has 1 aliphatic rings. The summed E-state index contributed by atoms with van der Waals surface area (Å²) in [6.07, 6.45) is 3.33. The first-order valence-electron chi connectivity index (χ1n) is 7.10. The molecule has 0 aromatic rings. The molecule has 0 saturated heterocycles. The van der Waals surface area contributed by atoms with Crippen molar-refractivity contribution in [2.45, 2.75) is 53.0 Å². The highest BCUT2D eigenvalue weighted by molar-refractivity contribution is 5.87. The Morgan fingerprint density at radius 1 is 1.37 bits per heavy atom. The van der Waals surface area contributed by atoms with Gasteiger partial charge in [0.2, 0.25) is 5.91 Å². The summed E-state index contributed by atoms with van der Waals surface area (Å²) in [7, 11) is 0. The second kappa shape index (κ2) is 6.26. The number of hydrogen-bond acceptors (Lipinski definition) is 2. The van der Waals surface area contributed by atoms with Crippen molar-refractivity contribution in [3.8, 4) is 0 Å².